The molecule has 1 heterocycles. The molecule has 0 bridgehead atoms. The van der Waals surface area contributed by atoms with Gasteiger partial charge in [0.2, 0.25) is 0 Å². The van der Waals surface area contributed by atoms with Crippen LogP contribution in [0.5, 0.6) is 5.75 Å². The summed E-state index contributed by atoms with van der Waals surface area (Å²) in [4.78, 5) is 0. The Balaban J connectivity index is 1.85. The quantitative estimate of drug-likeness (QED) is 0.696. The van der Waals surface area contributed by atoms with Gasteiger partial charge >= 0.3 is 0 Å². The van der Waals surface area contributed by atoms with E-state index >= 15 is 0 Å². The Labute approximate surface area is 109 Å². The summed E-state index contributed by atoms with van der Waals surface area (Å²) in [5.74, 6) is 2.29. The van der Waals surface area contributed by atoms with Crippen molar-refractivity contribution in [1.29, 1.82) is 0 Å². The highest BCUT2D eigenvalue weighted by Gasteiger charge is 2.24. The molecule has 0 fully saturated rings. The normalized spacial score (nSPS) is 20.1. The number of ether oxygens (including phenoxy) is 1. The number of fused-ring (bicyclic) bond motifs is 1. The van der Waals surface area contributed by atoms with Crippen LogP contribution >= 0.6 is 11.6 Å². The molecule has 17 heavy (non-hydrogen) atoms. The van der Waals surface area contributed by atoms with Crippen molar-refractivity contribution >= 4 is 11.6 Å². The molecule has 0 amide bonds. The average molecular weight is 253 g/mol. The molecule has 0 saturated heterocycles. The lowest BCUT2D eigenvalue weighted by atomic mass is 9.94. The van der Waals surface area contributed by atoms with Crippen molar-refractivity contribution in [3.05, 3.63) is 29.8 Å². The van der Waals surface area contributed by atoms with E-state index in [1.54, 1.807) is 0 Å². The van der Waals surface area contributed by atoms with Gasteiger partial charge in [0.05, 0.1) is 6.61 Å². The molecule has 1 aliphatic rings. The first-order valence-electron chi connectivity index (χ1n) is 6.52. The lowest BCUT2D eigenvalue weighted by Gasteiger charge is -2.14. The SMILES string of the molecule is CC(C)CC(Cl)CCC1COc2ccccc21. The third-order valence-corrected chi connectivity index (χ3v) is 3.75. The van der Waals surface area contributed by atoms with Crippen molar-refractivity contribution in [1.82, 2.24) is 0 Å². The Kier molecular flexibility index (Phi) is 4.33. The van der Waals surface area contributed by atoms with Gasteiger partial charge in [-0.15, -0.1) is 11.6 Å². The molecular weight excluding hydrogens is 232 g/mol. The van der Waals surface area contributed by atoms with E-state index in [0.717, 1.165) is 31.6 Å². The average Bonchev–Trinajstić information content (AvgIpc) is 2.69. The summed E-state index contributed by atoms with van der Waals surface area (Å²) < 4.78 is 5.68. The summed E-state index contributed by atoms with van der Waals surface area (Å²) in [5.41, 5.74) is 1.36. The van der Waals surface area contributed by atoms with Crippen molar-refractivity contribution in [2.45, 2.75) is 44.4 Å². The Morgan fingerprint density at radius 1 is 1.35 bits per heavy atom. The number of hydrogen-bond donors (Lipinski definition) is 0. The molecule has 0 aliphatic carbocycles. The largest absolute Gasteiger partial charge is 0.493 e. The molecule has 0 radical (unpaired) electrons. The first kappa shape index (κ1) is 12.8. The molecule has 0 N–H and O–H groups in total. The number of rotatable bonds is 5. The highest BCUT2D eigenvalue weighted by atomic mass is 35.5. The minimum atomic E-state index is 0.308. The fourth-order valence-electron chi connectivity index (χ4n) is 2.48. The third-order valence-electron chi connectivity index (χ3n) is 3.35. The van der Waals surface area contributed by atoms with Gasteiger partial charge in [-0.2, -0.15) is 0 Å². The zero-order valence-electron chi connectivity index (χ0n) is 10.7. The molecule has 2 heteroatoms. The maximum atomic E-state index is 6.34. The van der Waals surface area contributed by atoms with Crippen LogP contribution in [0.3, 0.4) is 0 Å². The Morgan fingerprint density at radius 3 is 2.88 bits per heavy atom. The number of hydrogen-bond acceptors (Lipinski definition) is 1. The van der Waals surface area contributed by atoms with Crippen LogP contribution in [0.15, 0.2) is 24.3 Å². The Bertz CT molecular complexity index is 362. The van der Waals surface area contributed by atoms with Gasteiger partial charge in [0.25, 0.3) is 0 Å². The molecule has 1 aromatic rings. The number of para-hydroxylation sites is 1. The molecule has 94 valence electrons. The molecule has 1 aliphatic heterocycles. The lowest BCUT2D eigenvalue weighted by molar-refractivity contribution is 0.321. The minimum absolute atomic E-state index is 0.308. The highest BCUT2D eigenvalue weighted by molar-refractivity contribution is 6.20. The standard InChI is InChI=1S/C15H21ClO/c1-11(2)9-13(16)8-7-12-10-17-15-6-4-3-5-14(12)15/h3-6,11-13H,7-10H2,1-2H3. The van der Waals surface area contributed by atoms with E-state index < -0.39 is 0 Å². The van der Waals surface area contributed by atoms with E-state index in [1.165, 1.54) is 5.56 Å². The molecule has 2 rings (SSSR count). The maximum Gasteiger partial charge on any atom is 0.122 e. The van der Waals surface area contributed by atoms with Gasteiger partial charge in [-0.05, 0) is 31.2 Å². The molecule has 1 nitrogen and oxygen atoms in total. The number of benzene rings is 1. The van der Waals surface area contributed by atoms with Crippen molar-refractivity contribution in [3.8, 4) is 5.75 Å². The monoisotopic (exact) mass is 252 g/mol. The van der Waals surface area contributed by atoms with Crippen LogP contribution < -0.4 is 4.74 Å². The molecule has 0 saturated carbocycles. The fourth-order valence-corrected chi connectivity index (χ4v) is 2.96. The summed E-state index contributed by atoms with van der Waals surface area (Å²) in [5, 5.41) is 0.308. The van der Waals surface area contributed by atoms with Crippen molar-refractivity contribution in [2.75, 3.05) is 6.61 Å². The van der Waals surface area contributed by atoms with E-state index in [2.05, 4.69) is 32.0 Å². The van der Waals surface area contributed by atoms with Gasteiger partial charge in [0, 0.05) is 16.9 Å². The zero-order chi connectivity index (χ0) is 12.3. The Hall–Kier alpha value is -0.690. The summed E-state index contributed by atoms with van der Waals surface area (Å²) in [7, 11) is 0. The van der Waals surface area contributed by atoms with Gasteiger partial charge < -0.3 is 4.74 Å². The molecule has 1 aromatic carbocycles. The van der Waals surface area contributed by atoms with Gasteiger partial charge in [0.15, 0.2) is 0 Å². The summed E-state index contributed by atoms with van der Waals surface area (Å²) >= 11 is 6.34. The molecule has 0 aromatic heterocycles. The second-order valence-corrected chi connectivity index (χ2v) is 5.97. The van der Waals surface area contributed by atoms with Crippen molar-refractivity contribution in [3.63, 3.8) is 0 Å². The summed E-state index contributed by atoms with van der Waals surface area (Å²) in [6.45, 7) is 5.28. The van der Waals surface area contributed by atoms with Crippen LogP contribution in [0.25, 0.3) is 0 Å². The number of alkyl halides is 1. The molecule has 2 atom stereocenters. The number of halogens is 1. The van der Waals surface area contributed by atoms with Crippen LogP contribution in [-0.2, 0) is 0 Å². The predicted molar refractivity (Wildman–Crippen MR) is 73.0 cm³/mol. The second-order valence-electron chi connectivity index (χ2n) is 5.35. The zero-order valence-corrected chi connectivity index (χ0v) is 11.4. The summed E-state index contributed by atoms with van der Waals surface area (Å²) in [6.07, 6.45) is 3.33. The summed E-state index contributed by atoms with van der Waals surface area (Å²) in [6, 6.07) is 8.36. The van der Waals surface area contributed by atoms with E-state index in [4.69, 9.17) is 16.3 Å². The van der Waals surface area contributed by atoms with Crippen LogP contribution in [0.4, 0.5) is 0 Å². The lowest BCUT2D eigenvalue weighted by Crippen LogP contribution is -2.07. The first-order chi connectivity index (χ1) is 8.16. The highest BCUT2D eigenvalue weighted by Crippen LogP contribution is 2.37. The van der Waals surface area contributed by atoms with Crippen LogP contribution in [0.2, 0.25) is 0 Å². The van der Waals surface area contributed by atoms with Gasteiger partial charge in [-0.1, -0.05) is 32.0 Å². The van der Waals surface area contributed by atoms with E-state index in [9.17, 15) is 0 Å². The smallest absolute Gasteiger partial charge is 0.122 e. The van der Waals surface area contributed by atoms with Crippen LogP contribution in [0, 0.1) is 5.92 Å². The fraction of sp³-hybridized carbons (Fsp3) is 0.600. The van der Waals surface area contributed by atoms with Crippen LogP contribution in [0.1, 0.15) is 44.6 Å². The second kappa shape index (κ2) is 5.77. The predicted octanol–water partition coefficient (Wildman–Crippen LogP) is 4.60. The topological polar surface area (TPSA) is 9.23 Å². The molecule has 0 spiro atoms. The van der Waals surface area contributed by atoms with E-state index in [0.29, 0.717) is 17.2 Å². The first-order valence-corrected chi connectivity index (χ1v) is 6.96. The molecular formula is C15H21ClO. The van der Waals surface area contributed by atoms with Gasteiger partial charge in [0.1, 0.15) is 5.75 Å². The minimum Gasteiger partial charge on any atom is -0.493 e. The Morgan fingerprint density at radius 2 is 2.12 bits per heavy atom. The van der Waals surface area contributed by atoms with Crippen molar-refractivity contribution < 1.29 is 4.74 Å². The van der Waals surface area contributed by atoms with E-state index in [-0.39, 0.29) is 0 Å². The van der Waals surface area contributed by atoms with Crippen molar-refractivity contribution in [2.24, 2.45) is 5.92 Å². The molecule has 2 unspecified atom stereocenters. The van der Waals surface area contributed by atoms with Gasteiger partial charge in [-0.25, -0.2) is 0 Å². The van der Waals surface area contributed by atoms with Crippen LogP contribution in [-0.4, -0.2) is 12.0 Å². The van der Waals surface area contributed by atoms with E-state index in [1.807, 2.05) is 6.07 Å². The van der Waals surface area contributed by atoms with Gasteiger partial charge in [-0.3, -0.25) is 0 Å². The maximum absolute atomic E-state index is 6.34. The third kappa shape index (κ3) is 3.38.